The Morgan fingerprint density at radius 1 is 1.16 bits per heavy atom. The SMILES string of the molecule is O=C1S/C(=C\c2ccccc2F)C(=O)N1Cc1cccc([N+](=O)[O-])c1. The third-order valence-electron chi connectivity index (χ3n) is 3.53. The lowest BCUT2D eigenvalue weighted by Gasteiger charge is -2.12. The summed E-state index contributed by atoms with van der Waals surface area (Å²) in [6.07, 6.45) is 1.33. The van der Waals surface area contributed by atoms with Crippen molar-refractivity contribution < 1.29 is 18.9 Å². The summed E-state index contributed by atoms with van der Waals surface area (Å²) in [4.78, 5) is 35.9. The Balaban J connectivity index is 1.84. The van der Waals surface area contributed by atoms with Crippen molar-refractivity contribution in [2.24, 2.45) is 0 Å². The van der Waals surface area contributed by atoms with E-state index in [1.165, 1.54) is 42.5 Å². The fourth-order valence-corrected chi connectivity index (χ4v) is 3.15. The molecule has 0 aromatic heterocycles. The molecule has 2 aromatic carbocycles. The molecular formula is C17H11FN2O4S. The van der Waals surface area contributed by atoms with Gasteiger partial charge in [-0.05, 0) is 29.5 Å². The Bertz CT molecular complexity index is 913. The first kappa shape index (κ1) is 16.8. The van der Waals surface area contributed by atoms with Crippen molar-refractivity contribution in [3.8, 4) is 0 Å². The van der Waals surface area contributed by atoms with Crippen LogP contribution in [0.4, 0.5) is 14.9 Å². The number of halogens is 1. The summed E-state index contributed by atoms with van der Waals surface area (Å²) in [7, 11) is 0. The quantitative estimate of drug-likeness (QED) is 0.469. The first-order valence-corrected chi connectivity index (χ1v) is 8.00. The van der Waals surface area contributed by atoms with E-state index in [0.29, 0.717) is 17.3 Å². The molecule has 2 aromatic rings. The molecule has 0 atom stereocenters. The molecule has 3 rings (SSSR count). The maximum atomic E-state index is 13.7. The molecule has 6 nitrogen and oxygen atoms in total. The van der Waals surface area contributed by atoms with E-state index in [2.05, 4.69) is 0 Å². The summed E-state index contributed by atoms with van der Waals surface area (Å²) in [6, 6.07) is 11.6. The summed E-state index contributed by atoms with van der Waals surface area (Å²) in [6.45, 7) is -0.0824. The minimum atomic E-state index is -0.551. The van der Waals surface area contributed by atoms with E-state index in [-0.39, 0.29) is 22.7 Å². The van der Waals surface area contributed by atoms with E-state index >= 15 is 0 Å². The normalized spacial score (nSPS) is 15.9. The highest BCUT2D eigenvalue weighted by atomic mass is 32.2. The van der Waals surface area contributed by atoms with Gasteiger partial charge < -0.3 is 0 Å². The molecule has 1 heterocycles. The number of amides is 2. The van der Waals surface area contributed by atoms with Crippen LogP contribution in [0.3, 0.4) is 0 Å². The van der Waals surface area contributed by atoms with Gasteiger partial charge in [-0.1, -0.05) is 30.3 Å². The Morgan fingerprint density at radius 2 is 1.92 bits per heavy atom. The van der Waals surface area contributed by atoms with Gasteiger partial charge in [0.15, 0.2) is 0 Å². The van der Waals surface area contributed by atoms with Gasteiger partial charge in [-0.3, -0.25) is 24.6 Å². The van der Waals surface area contributed by atoms with Crippen molar-refractivity contribution in [3.63, 3.8) is 0 Å². The molecule has 0 saturated carbocycles. The molecule has 0 aliphatic carbocycles. The van der Waals surface area contributed by atoms with E-state index in [1.807, 2.05) is 0 Å². The molecule has 2 amide bonds. The van der Waals surface area contributed by atoms with Crippen LogP contribution >= 0.6 is 11.8 Å². The average molecular weight is 358 g/mol. The van der Waals surface area contributed by atoms with E-state index in [1.54, 1.807) is 12.1 Å². The molecule has 126 valence electrons. The maximum Gasteiger partial charge on any atom is 0.293 e. The number of benzene rings is 2. The van der Waals surface area contributed by atoms with Crippen LogP contribution in [0, 0.1) is 15.9 Å². The topological polar surface area (TPSA) is 80.5 Å². The highest BCUT2D eigenvalue weighted by Crippen LogP contribution is 2.33. The Kier molecular flexibility index (Phi) is 4.62. The zero-order valence-electron chi connectivity index (χ0n) is 12.7. The Labute approximate surface area is 146 Å². The van der Waals surface area contributed by atoms with E-state index < -0.39 is 21.9 Å². The molecule has 1 aliphatic rings. The van der Waals surface area contributed by atoms with Crippen molar-refractivity contribution in [1.82, 2.24) is 4.90 Å². The fraction of sp³-hybridized carbons (Fsp3) is 0.0588. The second-order valence-electron chi connectivity index (χ2n) is 5.22. The van der Waals surface area contributed by atoms with E-state index in [4.69, 9.17) is 0 Å². The smallest absolute Gasteiger partial charge is 0.268 e. The number of carbonyl (C=O) groups excluding carboxylic acids is 2. The number of hydrogen-bond acceptors (Lipinski definition) is 5. The number of imide groups is 1. The molecule has 0 unspecified atom stereocenters. The molecule has 0 radical (unpaired) electrons. The van der Waals surface area contributed by atoms with Gasteiger partial charge in [0.25, 0.3) is 16.8 Å². The van der Waals surface area contributed by atoms with Crippen LogP contribution in [-0.2, 0) is 11.3 Å². The van der Waals surface area contributed by atoms with Crippen molar-refractivity contribution in [3.05, 3.63) is 80.5 Å². The number of nitrogens with zero attached hydrogens (tertiary/aromatic N) is 2. The Hall–Kier alpha value is -3.00. The lowest BCUT2D eigenvalue weighted by atomic mass is 10.2. The standard InChI is InChI=1S/C17H11FN2O4S/c18-14-7-2-1-5-12(14)9-15-16(21)19(17(22)25-15)10-11-4-3-6-13(8-11)20(23)24/h1-9H,10H2/b15-9-. The van der Waals surface area contributed by atoms with Crippen molar-refractivity contribution >= 4 is 34.7 Å². The van der Waals surface area contributed by atoms with E-state index in [0.717, 1.165) is 4.90 Å². The second-order valence-corrected chi connectivity index (χ2v) is 6.21. The monoisotopic (exact) mass is 358 g/mol. The fourth-order valence-electron chi connectivity index (χ4n) is 2.32. The molecule has 1 aliphatic heterocycles. The lowest BCUT2D eigenvalue weighted by molar-refractivity contribution is -0.384. The second kappa shape index (κ2) is 6.86. The van der Waals surface area contributed by atoms with Crippen LogP contribution < -0.4 is 0 Å². The molecule has 25 heavy (non-hydrogen) atoms. The van der Waals surface area contributed by atoms with Gasteiger partial charge in [0, 0.05) is 17.7 Å². The number of non-ortho nitro benzene ring substituents is 1. The predicted octanol–water partition coefficient (Wildman–Crippen LogP) is 3.97. The van der Waals surface area contributed by atoms with Crippen molar-refractivity contribution in [2.45, 2.75) is 6.54 Å². The van der Waals surface area contributed by atoms with Crippen LogP contribution in [-0.4, -0.2) is 21.0 Å². The number of nitro groups is 1. The maximum absolute atomic E-state index is 13.7. The van der Waals surface area contributed by atoms with Crippen LogP contribution in [0.25, 0.3) is 6.08 Å². The van der Waals surface area contributed by atoms with Gasteiger partial charge in [-0.15, -0.1) is 0 Å². The molecule has 1 fully saturated rings. The summed E-state index contributed by atoms with van der Waals surface area (Å²) >= 11 is 0.713. The predicted molar refractivity (Wildman–Crippen MR) is 91.0 cm³/mol. The zero-order valence-corrected chi connectivity index (χ0v) is 13.5. The average Bonchev–Trinajstić information content (AvgIpc) is 2.85. The summed E-state index contributed by atoms with van der Waals surface area (Å²) in [5, 5.41) is 10.3. The summed E-state index contributed by atoms with van der Waals surface area (Å²) < 4.78 is 13.7. The highest BCUT2D eigenvalue weighted by molar-refractivity contribution is 8.18. The third kappa shape index (κ3) is 3.58. The van der Waals surface area contributed by atoms with Crippen LogP contribution in [0.15, 0.2) is 53.4 Å². The molecule has 0 N–H and O–H groups in total. The van der Waals surface area contributed by atoms with Gasteiger partial charge in [0.2, 0.25) is 0 Å². The van der Waals surface area contributed by atoms with Crippen LogP contribution in [0.1, 0.15) is 11.1 Å². The zero-order chi connectivity index (χ0) is 18.0. The summed E-state index contributed by atoms with van der Waals surface area (Å²) in [5.74, 6) is -1.04. The first-order valence-electron chi connectivity index (χ1n) is 7.19. The van der Waals surface area contributed by atoms with Gasteiger partial charge in [-0.25, -0.2) is 4.39 Å². The number of carbonyl (C=O) groups is 2. The highest BCUT2D eigenvalue weighted by Gasteiger charge is 2.35. The summed E-state index contributed by atoms with van der Waals surface area (Å²) in [5.41, 5.74) is 0.554. The van der Waals surface area contributed by atoms with Crippen LogP contribution in [0.5, 0.6) is 0 Å². The van der Waals surface area contributed by atoms with Crippen molar-refractivity contribution in [2.75, 3.05) is 0 Å². The number of hydrogen-bond donors (Lipinski definition) is 0. The minimum Gasteiger partial charge on any atom is -0.268 e. The molecule has 8 heteroatoms. The minimum absolute atomic E-state index is 0.0824. The van der Waals surface area contributed by atoms with Crippen LogP contribution in [0.2, 0.25) is 0 Å². The van der Waals surface area contributed by atoms with Gasteiger partial charge in [0.05, 0.1) is 16.4 Å². The molecular weight excluding hydrogens is 347 g/mol. The number of rotatable bonds is 4. The number of thioether (sulfide) groups is 1. The van der Waals surface area contributed by atoms with Crippen molar-refractivity contribution in [1.29, 1.82) is 0 Å². The van der Waals surface area contributed by atoms with Gasteiger partial charge in [-0.2, -0.15) is 0 Å². The largest absolute Gasteiger partial charge is 0.293 e. The Morgan fingerprint density at radius 3 is 2.64 bits per heavy atom. The van der Waals surface area contributed by atoms with Gasteiger partial charge in [0.1, 0.15) is 5.82 Å². The first-order chi connectivity index (χ1) is 12.0. The third-order valence-corrected chi connectivity index (χ3v) is 4.43. The lowest BCUT2D eigenvalue weighted by Crippen LogP contribution is -2.27. The molecule has 1 saturated heterocycles. The van der Waals surface area contributed by atoms with E-state index in [9.17, 15) is 24.1 Å². The molecule has 0 bridgehead atoms. The van der Waals surface area contributed by atoms with Gasteiger partial charge >= 0.3 is 0 Å². The molecule has 0 spiro atoms. The number of nitro benzene ring substituents is 1.